The van der Waals surface area contributed by atoms with E-state index in [0.717, 1.165) is 0 Å². The minimum absolute atomic E-state index is 0.0162. The Morgan fingerprint density at radius 2 is 1.41 bits per heavy atom. The van der Waals surface area contributed by atoms with E-state index in [2.05, 4.69) is 0 Å². The van der Waals surface area contributed by atoms with Crippen molar-refractivity contribution in [2.45, 2.75) is 62.5 Å². The normalized spacial score (nSPS) is 13.6. The monoisotopic (exact) mass is 439 g/mol. The third kappa shape index (κ3) is 5.47. The average molecular weight is 439 g/mol. The second-order valence-electron chi connectivity index (χ2n) is 6.49. The summed E-state index contributed by atoms with van der Waals surface area (Å²) in [6, 6.07) is 4.15. The first-order valence-electron chi connectivity index (χ1n) is 8.36. The molecule has 0 aliphatic heterocycles. The zero-order valence-corrected chi connectivity index (χ0v) is 14.8. The molecule has 0 fully saturated rings. The number of carboxylic acids is 1. The van der Waals surface area contributed by atoms with Gasteiger partial charge in [-0.25, -0.2) is 4.79 Å². The molecule has 12 heteroatoms. The Morgan fingerprint density at radius 3 is 1.90 bits per heavy atom. The summed E-state index contributed by atoms with van der Waals surface area (Å²) in [5.41, 5.74) is 6.10. The highest BCUT2D eigenvalue weighted by molar-refractivity contribution is 5.93. The lowest BCUT2D eigenvalue weighted by molar-refractivity contribution is -0.396. The minimum atomic E-state index is -6.86. The first kappa shape index (κ1) is 24.9. The van der Waals surface area contributed by atoms with E-state index in [-0.39, 0.29) is 24.1 Å². The number of rotatable bonds is 10. The van der Waals surface area contributed by atoms with Crippen molar-refractivity contribution in [3.8, 4) is 0 Å². The first-order chi connectivity index (χ1) is 13.0. The third-order valence-electron chi connectivity index (χ3n) is 4.26. The first-order valence-corrected chi connectivity index (χ1v) is 8.36. The summed E-state index contributed by atoms with van der Waals surface area (Å²) in [5.74, 6) is -20.2. The molecular weight excluding hydrogens is 421 g/mol. The number of nitrogens with two attached hydrogens (primary N) is 1. The van der Waals surface area contributed by atoms with Crippen LogP contribution in [-0.4, -0.2) is 35.0 Å². The van der Waals surface area contributed by atoms with Crippen LogP contribution in [0.4, 0.5) is 45.2 Å². The summed E-state index contributed by atoms with van der Waals surface area (Å²) < 4.78 is 114. The van der Waals surface area contributed by atoms with Crippen LogP contribution in [0.1, 0.15) is 48.0 Å². The van der Waals surface area contributed by atoms with E-state index in [0.29, 0.717) is 18.4 Å². The fourth-order valence-electron chi connectivity index (χ4n) is 2.56. The van der Waals surface area contributed by atoms with Crippen LogP contribution in [0.2, 0.25) is 0 Å². The molecule has 0 aromatic heterocycles. The molecule has 0 aliphatic carbocycles. The van der Waals surface area contributed by atoms with Crippen molar-refractivity contribution >= 4 is 11.7 Å². The van der Waals surface area contributed by atoms with Crippen molar-refractivity contribution in [3.63, 3.8) is 0 Å². The average Bonchev–Trinajstić information content (AvgIpc) is 2.56. The molecule has 0 heterocycles. The number of hydrogen-bond donors (Lipinski definition) is 2. The van der Waals surface area contributed by atoms with Gasteiger partial charge in [0.25, 0.3) is 0 Å². The van der Waals surface area contributed by atoms with Crippen LogP contribution in [0, 0.1) is 0 Å². The lowest BCUT2D eigenvalue weighted by Gasteiger charge is -2.33. The molecule has 0 bridgehead atoms. The maximum absolute atomic E-state index is 13.4. The van der Waals surface area contributed by atoms with E-state index in [1.54, 1.807) is 0 Å². The maximum atomic E-state index is 13.4. The highest BCUT2D eigenvalue weighted by Gasteiger charge is 2.81. The van der Waals surface area contributed by atoms with Crippen molar-refractivity contribution in [3.05, 3.63) is 29.3 Å². The van der Waals surface area contributed by atoms with Crippen molar-refractivity contribution in [2.24, 2.45) is 0 Å². The third-order valence-corrected chi connectivity index (χ3v) is 4.26. The van der Waals surface area contributed by atoms with Crippen LogP contribution in [0.15, 0.2) is 18.2 Å². The highest BCUT2D eigenvalue weighted by atomic mass is 19.4. The van der Waals surface area contributed by atoms with Gasteiger partial charge in [-0.15, -0.1) is 0 Å². The van der Waals surface area contributed by atoms with E-state index in [1.165, 1.54) is 18.2 Å². The fraction of sp³-hybridized carbons (Fsp3) is 0.588. The van der Waals surface area contributed by atoms with Crippen molar-refractivity contribution in [1.82, 2.24) is 0 Å². The zero-order valence-electron chi connectivity index (χ0n) is 14.8. The molecule has 166 valence electrons. The number of aryl methyl sites for hydroxylation is 1. The van der Waals surface area contributed by atoms with Gasteiger partial charge in [0.2, 0.25) is 0 Å². The Labute approximate surface area is 159 Å². The summed E-state index contributed by atoms with van der Waals surface area (Å²) in [5, 5.41) is 8.84. The Kier molecular flexibility index (Phi) is 7.47. The molecule has 3 N–H and O–H groups in total. The molecule has 1 aromatic rings. The van der Waals surface area contributed by atoms with Gasteiger partial charge in [0.05, 0.1) is 5.56 Å². The zero-order chi connectivity index (χ0) is 22.7. The number of aromatic carboxylic acids is 1. The summed E-state index contributed by atoms with van der Waals surface area (Å²) >= 11 is 0. The quantitative estimate of drug-likeness (QED) is 0.270. The van der Waals surface area contributed by atoms with Gasteiger partial charge in [0, 0.05) is 12.1 Å². The van der Waals surface area contributed by atoms with Crippen molar-refractivity contribution in [2.75, 3.05) is 5.73 Å². The Bertz CT molecular complexity index is 717. The largest absolute Gasteiger partial charge is 0.478 e. The lowest BCUT2D eigenvalue weighted by Crippen LogP contribution is -2.60. The molecule has 1 aromatic carbocycles. The predicted octanol–water partition coefficient (Wildman–Crippen LogP) is 5.93. The van der Waals surface area contributed by atoms with Gasteiger partial charge in [-0.1, -0.05) is 18.9 Å². The summed E-state index contributed by atoms with van der Waals surface area (Å²) in [6.07, 6.45) is -8.51. The van der Waals surface area contributed by atoms with Crippen LogP contribution in [-0.2, 0) is 6.42 Å². The topological polar surface area (TPSA) is 63.3 Å². The molecular formula is C17H18F9NO2. The molecule has 0 unspecified atom stereocenters. The molecule has 0 saturated carbocycles. The van der Waals surface area contributed by atoms with Crippen molar-refractivity contribution in [1.29, 1.82) is 0 Å². The van der Waals surface area contributed by atoms with Gasteiger partial charge in [-0.05, 0) is 37.0 Å². The second-order valence-corrected chi connectivity index (χ2v) is 6.49. The lowest BCUT2D eigenvalue weighted by atomic mass is 9.97. The van der Waals surface area contributed by atoms with Crippen LogP contribution >= 0.6 is 0 Å². The number of halogens is 9. The second kappa shape index (κ2) is 8.70. The van der Waals surface area contributed by atoms with E-state index in [1.807, 2.05) is 0 Å². The number of carboxylic acid groups (broad SMARTS) is 1. The molecule has 0 aliphatic rings. The number of alkyl halides is 9. The molecule has 0 amide bonds. The van der Waals surface area contributed by atoms with E-state index >= 15 is 0 Å². The van der Waals surface area contributed by atoms with Gasteiger partial charge >= 0.3 is 29.9 Å². The summed E-state index contributed by atoms with van der Waals surface area (Å²) in [7, 11) is 0. The Morgan fingerprint density at radius 1 is 0.862 bits per heavy atom. The molecule has 1 rings (SSSR count). The van der Waals surface area contributed by atoms with Crippen LogP contribution in [0.5, 0.6) is 0 Å². The maximum Gasteiger partial charge on any atom is 0.460 e. The Hall–Kier alpha value is -2.14. The van der Waals surface area contributed by atoms with Crippen LogP contribution in [0.3, 0.4) is 0 Å². The fourth-order valence-corrected chi connectivity index (χ4v) is 2.56. The van der Waals surface area contributed by atoms with E-state index in [4.69, 9.17) is 10.8 Å². The smallest absolute Gasteiger partial charge is 0.460 e. The highest BCUT2D eigenvalue weighted by Crippen LogP contribution is 2.54. The molecule has 0 spiro atoms. The predicted molar refractivity (Wildman–Crippen MR) is 85.5 cm³/mol. The number of nitrogen functional groups attached to an aromatic ring is 1. The van der Waals surface area contributed by atoms with Gasteiger partial charge in [0.1, 0.15) is 0 Å². The molecule has 29 heavy (non-hydrogen) atoms. The van der Waals surface area contributed by atoms with E-state index < -0.39 is 42.8 Å². The van der Waals surface area contributed by atoms with Crippen LogP contribution in [0.25, 0.3) is 0 Å². The molecule has 3 nitrogen and oxygen atoms in total. The van der Waals surface area contributed by atoms with Gasteiger partial charge in [-0.3, -0.25) is 0 Å². The molecule has 0 atom stereocenters. The SMILES string of the molecule is Nc1cc(CCCCCCC(F)(F)C(F)(F)C(F)(F)C(F)(F)F)ccc1C(=O)O. The van der Waals surface area contributed by atoms with Gasteiger partial charge in [-0.2, -0.15) is 39.5 Å². The van der Waals surface area contributed by atoms with E-state index in [9.17, 15) is 44.3 Å². The van der Waals surface area contributed by atoms with Crippen molar-refractivity contribution < 1.29 is 49.4 Å². The standard InChI is InChI=1S/C17H18F9NO2/c18-14(19,15(20,21)16(22,23)17(24,25)26)8-4-2-1-3-5-10-6-7-11(13(28)29)12(27)9-10/h6-7,9H,1-5,8,27H2,(H,28,29). The Balaban J connectivity index is 2.51. The van der Waals surface area contributed by atoms with Crippen LogP contribution < -0.4 is 5.73 Å². The molecule has 0 saturated heterocycles. The number of anilines is 1. The molecule has 0 radical (unpaired) electrons. The summed E-state index contributed by atoms with van der Waals surface area (Å²) in [4.78, 5) is 10.8. The minimum Gasteiger partial charge on any atom is -0.478 e. The number of hydrogen-bond acceptors (Lipinski definition) is 2. The number of unbranched alkanes of at least 4 members (excludes halogenated alkanes) is 3. The van der Waals surface area contributed by atoms with Gasteiger partial charge in [0.15, 0.2) is 0 Å². The number of benzene rings is 1. The number of carbonyl (C=O) groups is 1. The van der Waals surface area contributed by atoms with Gasteiger partial charge < -0.3 is 10.8 Å². The summed E-state index contributed by atoms with van der Waals surface area (Å²) in [6.45, 7) is 0.